The lowest BCUT2D eigenvalue weighted by atomic mass is 9.94. The molecule has 0 saturated heterocycles. The molecule has 23 heavy (non-hydrogen) atoms. The van der Waals surface area contributed by atoms with Crippen LogP contribution >= 0.6 is 22.7 Å². The minimum Gasteiger partial charge on any atom is -0.288 e. The molecule has 112 valence electrons. The second kappa shape index (κ2) is 5.61. The highest BCUT2D eigenvalue weighted by Crippen LogP contribution is 2.32. The number of fused-ring (bicyclic) bond motifs is 1. The maximum atomic E-state index is 12.2. The number of amides is 2. The fraction of sp³-hybridized carbons (Fsp3) is 0. The van der Waals surface area contributed by atoms with Crippen molar-refractivity contribution >= 4 is 46.1 Å². The summed E-state index contributed by atoms with van der Waals surface area (Å²) in [6.07, 6.45) is 1.85. The molecule has 1 aliphatic rings. The summed E-state index contributed by atoms with van der Waals surface area (Å²) in [6, 6.07) is 13.3. The van der Waals surface area contributed by atoms with Crippen LogP contribution in [0.4, 0.5) is 0 Å². The van der Waals surface area contributed by atoms with Crippen LogP contribution in [0, 0.1) is 0 Å². The van der Waals surface area contributed by atoms with E-state index in [-0.39, 0.29) is 11.8 Å². The zero-order valence-corrected chi connectivity index (χ0v) is 13.5. The summed E-state index contributed by atoms with van der Waals surface area (Å²) >= 11 is 3.27. The molecule has 2 amide bonds. The number of hydrogen-bond donors (Lipinski definition) is 1. The Hall–Kier alpha value is -2.50. The number of carbonyl (C=O) groups is 2. The third-order valence-electron chi connectivity index (χ3n) is 3.65. The molecule has 2 aromatic heterocycles. The van der Waals surface area contributed by atoms with Gasteiger partial charge in [0.2, 0.25) is 0 Å². The standard InChI is InChI=1S/C18H11NO2S2/c20-17-14-5-2-1-4-13(14)15(18(21)19-17)9-12-8-11(10-23-12)16-6-3-7-22-16/h1-10H,(H,19,20,21)/b15-9-. The second-order valence-corrected chi connectivity index (χ2v) is 6.99. The smallest absolute Gasteiger partial charge is 0.258 e. The SMILES string of the molecule is O=C1NC(=O)c2ccccc2/C1=C/c1cc(-c2cccs2)cs1. The topological polar surface area (TPSA) is 46.2 Å². The molecule has 3 heterocycles. The number of rotatable bonds is 2. The lowest BCUT2D eigenvalue weighted by molar-refractivity contribution is -0.114. The molecular formula is C18H11NO2S2. The Morgan fingerprint density at radius 3 is 2.52 bits per heavy atom. The van der Waals surface area contributed by atoms with Gasteiger partial charge in [-0.1, -0.05) is 24.3 Å². The van der Waals surface area contributed by atoms with Crippen LogP contribution < -0.4 is 5.32 Å². The highest BCUT2D eigenvalue weighted by Gasteiger charge is 2.26. The predicted molar refractivity (Wildman–Crippen MR) is 94.4 cm³/mol. The summed E-state index contributed by atoms with van der Waals surface area (Å²) in [6.45, 7) is 0. The van der Waals surface area contributed by atoms with Crippen molar-refractivity contribution in [3.63, 3.8) is 0 Å². The molecule has 3 nitrogen and oxygen atoms in total. The summed E-state index contributed by atoms with van der Waals surface area (Å²) in [7, 11) is 0. The van der Waals surface area contributed by atoms with Gasteiger partial charge in [-0.2, -0.15) is 0 Å². The van der Waals surface area contributed by atoms with Crippen LogP contribution in [0.2, 0.25) is 0 Å². The van der Waals surface area contributed by atoms with Crippen LogP contribution in [-0.2, 0) is 4.79 Å². The van der Waals surface area contributed by atoms with Crippen LogP contribution in [0.25, 0.3) is 22.1 Å². The van der Waals surface area contributed by atoms with Crippen LogP contribution in [-0.4, -0.2) is 11.8 Å². The number of imide groups is 1. The molecule has 1 aliphatic heterocycles. The molecule has 0 radical (unpaired) electrons. The lowest BCUT2D eigenvalue weighted by Gasteiger charge is -2.17. The van der Waals surface area contributed by atoms with Gasteiger partial charge in [-0.3, -0.25) is 14.9 Å². The normalized spacial score (nSPS) is 15.6. The van der Waals surface area contributed by atoms with Gasteiger partial charge < -0.3 is 0 Å². The van der Waals surface area contributed by atoms with Crippen LogP contribution in [0.5, 0.6) is 0 Å². The van der Waals surface area contributed by atoms with Crippen molar-refractivity contribution in [2.45, 2.75) is 0 Å². The van der Waals surface area contributed by atoms with Gasteiger partial charge in [-0.15, -0.1) is 22.7 Å². The Balaban J connectivity index is 1.78. The number of carbonyl (C=O) groups excluding carboxylic acids is 2. The molecule has 0 aliphatic carbocycles. The van der Waals surface area contributed by atoms with Gasteiger partial charge in [0, 0.05) is 26.5 Å². The first-order valence-electron chi connectivity index (χ1n) is 7.01. The van der Waals surface area contributed by atoms with E-state index in [4.69, 9.17) is 0 Å². The molecule has 1 aromatic carbocycles. The highest BCUT2D eigenvalue weighted by atomic mass is 32.1. The van der Waals surface area contributed by atoms with E-state index in [0.29, 0.717) is 16.7 Å². The molecule has 3 aromatic rings. The monoisotopic (exact) mass is 337 g/mol. The molecule has 4 rings (SSSR count). The van der Waals surface area contributed by atoms with Crippen molar-refractivity contribution < 1.29 is 9.59 Å². The Bertz CT molecular complexity index is 936. The molecule has 0 bridgehead atoms. The quantitative estimate of drug-likeness (QED) is 0.560. The first-order chi connectivity index (χ1) is 11.2. The van der Waals surface area contributed by atoms with E-state index in [1.165, 1.54) is 4.88 Å². The Kier molecular flexibility index (Phi) is 3.44. The van der Waals surface area contributed by atoms with Crippen molar-refractivity contribution in [1.29, 1.82) is 0 Å². The first-order valence-corrected chi connectivity index (χ1v) is 8.77. The zero-order chi connectivity index (χ0) is 15.8. The lowest BCUT2D eigenvalue weighted by Crippen LogP contribution is -2.36. The third-order valence-corrected chi connectivity index (χ3v) is 5.44. The van der Waals surface area contributed by atoms with E-state index in [1.807, 2.05) is 29.7 Å². The number of nitrogens with one attached hydrogen (secondary N) is 1. The summed E-state index contributed by atoms with van der Waals surface area (Å²) in [5.41, 5.74) is 2.90. The minimum atomic E-state index is -0.347. The predicted octanol–water partition coefficient (Wildman–Crippen LogP) is 4.29. The zero-order valence-electron chi connectivity index (χ0n) is 11.9. The maximum absolute atomic E-state index is 12.2. The van der Waals surface area contributed by atoms with Gasteiger partial charge in [0.1, 0.15) is 0 Å². The van der Waals surface area contributed by atoms with E-state index in [1.54, 1.807) is 34.8 Å². The molecule has 0 atom stereocenters. The average Bonchev–Trinajstić information content (AvgIpc) is 3.22. The van der Waals surface area contributed by atoms with E-state index in [9.17, 15) is 9.59 Å². The van der Waals surface area contributed by atoms with E-state index < -0.39 is 0 Å². The van der Waals surface area contributed by atoms with Gasteiger partial charge in [-0.05, 0) is 40.6 Å². The minimum absolute atomic E-state index is 0.340. The molecule has 1 N–H and O–H groups in total. The van der Waals surface area contributed by atoms with Crippen LogP contribution in [0.1, 0.15) is 20.8 Å². The molecule has 5 heteroatoms. The van der Waals surface area contributed by atoms with Crippen LogP contribution in [0.15, 0.2) is 53.2 Å². The van der Waals surface area contributed by atoms with Gasteiger partial charge in [0.05, 0.1) is 0 Å². The summed E-state index contributed by atoms with van der Waals surface area (Å²) < 4.78 is 0. The summed E-state index contributed by atoms with van der Waals surface area (Å²) in [5, 5.41) is 6.52. The van der Waals surface area contributed by atoms with E-state index in [0.717, 1.165) is 10.4 Å². The maximum Gasteiger partial charge on any atom is 0.258 e. The first kappa shape index (κ1) is 14.1. The van der Waals surface area contributed by atoms with Gasteiger partial charge in [0.25, 0.3) is 11.8 Å². The van der Waals surface area contributed by atoms with Crippen LogP contribution in [0.3, 0.4) is 0 Å². The van der Waals surface area contributed by atoms with Crippen molar-refractivity contribution in [3.05, 3.63) is 69.2 Å². The molecule has 0 saturated carbocycles. The molecule has 0 spiro atoms. The Labute approximate surface area is 140 Å². The number of thiophene rings is 2. The number of benzene rings is 1. The fourth-order valence-corrected chi connectivity index (χ4v) is 4.19. The Morgan fingerprint density at radius 2 is 1.74 bits per heavy atom. The van der Waals surface area contributed by atoms with E-state index in [2.05, 4.69) is 22.8 Å². The number of hydrogen-bond acceptors (Lipinski definition) is 4. The van der Waals surface area contributed by atoms with Crippen molar-refractivity contribution in [1.82, 2.24) is 5.32 Å². The third kappa shape index (κ3) is 2.54. The largest absolute Gasteiger partial charge is 0.288 e. The molecule has 0 unspecified atom stereocenters. The Morgan fingerprint density at radius 1 is 0.913 bits per heavy atom. The molecule has 0 fully saturated rings. The summed E-state index contributed by atoms with van der Waals surface area (Å²) in [5.74, 6) is -0.687. The second-order valence-electron chi connectivity index (χ2n) is 5.10. The van der Waals surface area contributed by atoms with Gasteiger partial charge >= 0.3 is 0 Å². The van der Waals surface area contributed by atoms with Crippen molar-refractivity contribution in [2.75, 3.05) is 0 Å². The van der Waals surface area contributed by atoms with Crippen molar-refractivity contribution in [2.24, 2.45) is 0 Å². The van der Waals surface area contributed by atoms with Crippen molar-refractivity contribution in [3.8, 4) is 10.4 Å². The van der Waals surface area contributed by atoms with E-state index >= 15 is 0 Å². The average molecular weight is 337 g/mol. The molecular weight excluding hydrogens is 326 g/mol. The fourth-order valence-electron chi connectivity index (χ4n) is 2.56. The van der Waals surface area contributed by atoms with Gasteiger partial charge in [-0.25, -0.2) is 0 Å². The highest BCUT2D eigenvalue weighted by molar-refractivity contribution is 7.15. The van der Waals surface area contributed by atoms with Gasteiger partial charge in [0.15, 0.2) is 0 Å². The summed E-state index contributed by atoms with van der Waals surface area (Å²) in [4.78, 5) is 26.3.